The predicted molar refractivity (Wildman–Crippen MR) is 97.1 cm³/mol. The second-order valence-electron chi connectivity index (χ2n) is 4.48. The van der Waals surface area contributed by atoms with E-state index in [1.165, 1.54) is 5.56 Å². The first kappa shape index (κ1) is 17.1. The highest BCUT2D eigenvalue weighted by Crippen LogP contribution is 2.20. The Morgan fingerprint density at radius 3 is 2.82 bits per heavy atom. The third-order valence-electron chi connectivity index (χ3n) is 2.85. The molecule has 0 bridgehead atoms. The van der Waals surface area contributed by atoms with E-state index in [0.29, 0.717) is 0 Å². The van der Waals surface area contributed by atoms with Gasteiger partial charge in [-0.3, -0.25) is 4.99 Å². The van der Waals surface area contributed by atoms with Gasteiger partial charge in [0.25, 0.3) is 0 Å². The molecule has 1 heterocycles. The van der Waals surface area contributed by atoms with Gasteiger partial charge in [-0.05, 0) is 24.1 Å². The molecule has 0 aliphatic heterocycles. The summed E-state index contributed by atoms with van der Waals surface area (Å²) >= 11 is 9.35. The second-order valence-corrected chi connectivity index (χ2v) is 7.15. The number of hydrogen-bond acceptors (Lipinski definition) is 4. The molecule has 0 spiro atoms. The van der Waals surface area contributed by atoms with Gasteiger partial charge >= 0.3 is 0 Å². The van der Waals surface area contributed by atoms with E-state index in [-0.39, 0.29) is 0 Å². The van der Waals surface area contributed by atoms with Crippen LogP contribution in [0.5, 0.6) is 0 Å². The number of nitrogens with zero attached hydrogens (tertiary/aromatic N) is 2. The Morgan fingerprint density at radius 2 is 2.14 bits per heavy atom. The lowest BCUT2D eigenvalue weighted by Crippen LogP contribution is -2.37. The topological polar surface area (TPSA) is 49.3 Å². The zero-order valence-electron chi connectivity index (χ0n) is 12.4. The van der Waals surface area contributed by atoms with Crippen molar-refractivity contribution in [2.24, 2.45) is 4.99 Å². The molecule has 2 rings (SSSR count). The van der Waals surface area contributed by atoms with Gasteiger partial charge < -0.3 is 10.6 Å². The van der Waals surface area contributed by atoms with Gasteiger partial charge in [0.15, 0.2) is 5.96 Å². The van der Waals surface area contributed by atoms with Crippen LogP contribution in [0.4, 0.5) is 0 Å². The lowest BCUT2D eigenvalue weighted by atomic mass is 10.2. The van der Waals surface area contributed by atoms with Crippen molar-refractivity contribution < 1.29 is 0 Å². The summed E-state index contributed by atoms with van der Waals surface area (Å²) in [5.41, 5.74) is 1.17. The smallest absolute Gasteiger partial charge is 0.191 e. The van der Waals surface area contributed by atoms with Crippen molar-refractivity contribution in [3.63, 3.8) is 0 Å². The zero-order valence-corrected chi connectivity index (χ0v) is 14.8. The van der Waals surface area contributed by atoms with Crippen molar-refractivity contribution in [1.29, 1.82) is 0 Å². The summed E-state index contributed by atoms with van der Waals surface area (Å²) in [6, 6.07) is 7.80. The van der Waals surface area contributed by atoms with Gasteiger partial charge in [-0.25, -0.2) is 4.98 Å². The SMILES string of the molecule is CN=C(NCCCSc1nccs1)NCc1ccc(Cl)cc1. The molecule has 2 aromatic rings. The van der Waals surface area contributed by atoms with Crippen LogP contribution in [-0.4, -0.2) is 30.3 Å². The van der Waals surface area contributed by atoms with Crippen LogP contribution in [0.15, 0.2) is 45.2 Å². The molecule has 0 aliphatic rings. The molecule has 0 radical (unpaired) electrons. The highest BCUT2D eigenvalue weighted by Gasteiger charge is 1.99. The van der Waals surface area contributed by atoms with Crippen LogP contribution >= 0.6 is 34.7 Å². The van der Waals surface area contributed by atoms with Crippen LogP contribution in [0.2, 0.25) is 5.02 Å². The van der Waals surface area contributed by atoms with E-state index in [9.17, 15) is 0 Å². The standard InChI is InChI=1S/C15H19ClN4S2/c1-17-14(20-11-12-3-5-13(16)6-4-12)18-7-2-9-21-15-19-8-10-22-15/h3-6,8,10H,2,7,9,11H2,1H3,(H2,17,18,20). The first-order valence-corrected chi connectivity index (χ1v) is 9.23. The van der Waals surface area contributed by atoms with E-state index in [1.54, 1.807) is 30.1 Å². The van der Waals surface area contributed by atoms with Crippen molar-refractivity contribution >= 4 is 40.7 Å². The van der Waals surface area contributed by atoms with Crippen LogP contribution in [0, 0.1) is 0 Å². The average molecular weight is 355 g/mol. The molecule has 118 valence electrons. The molecule has 1 aromatic carbocycles. The maximum atomic E-state index is 5.87. The van der Waals surface area contributed by atoms with Gasteiger partial charge in [-0.1, -0.05) is 35.5 Å². The molecule has 7 heteroatoms. The van der Waals surface area contributed by atoms with E-state index in [4.69, 9.17) is 11.6 Å². The van der Waals surface area contributed by atoms with E-state index in [0.717, 1.165) is 40.6 Å². The maximum Gasteiger partial charge on any atom is 0.191 e. The third-order valence-corrected chi connectivity index (χ3v) is 5.15. The molecule has 0 unspecified atom stereocenters. The normalized spacial score (nSPS) is 11.5. The molecular formula is C15H19ClN4S2. The summed E-state index contributed by atoms with van der Waals surface area (Å²) in [4.78, 5) is 8.47. The first-order chi connectivity index (χ1) is 10.8. The fourth-order valence-electron chi connectivity index (χ4n) is 1.73. The number of aliphatic imine (C=N–C) groups is 1. The highest BCUT2D eigenvalue weighted by molar-refractivity contribution is 8.00. The van der Waals surface area contributed by atoms with E-state index in [2.05, 4.69) is 20.6 Å². The van der Waals surface area contributed by atoms with Gasteiger partial charge in [0.05, 0.1) is 0 Å². The van der Waals surface area contributed by atoms with Crippen molar-refractivity contribution in [1.82, 2.24) is 15.6 Å². The van der Waals surface area contributed by atoms with E-state index >= 15 is 0 Å². The first-order valence-electron chi connectivity index (χ1n) is 6.99. The summed E-state index contributed by atoms with van der Waals surface area (Å²) < 4.78 is 1.13. The summed E-state index contributed by atoms with van der Waals surface area (Å²) in [6.07, 6.45) is 2.90. The van der Waals surface area contributed by atoms with Gasteiger partial charge in [0.2, 0.25) is 0 Å². The largest absolute Gasteiger partial charge is 0.356 e. The Balaban J connectivity index is 1.61. The Labute approximate surface area is 144 Å². The molecule has 0 atom stereocenters. The molecule has 22 heavy (non-hydrogen) atoms. The lowest BCUT2D eigenvalue weighted by Gasteiger charge is -2.11. The Hall–Kier alpha value is -1.24. The van der Waals surface area contributed by atoms with Crippen LogP contribution < -0.4 is 10.6 Å². The molecule has 0 amide bonds. The fourth-order valence-corrected chi connectivity index (χ4v) is 3.50. The second kappa shape index (κ2) is 9.71. The van der Waals surface area contributed by atoms with Crippen molar-refractivity contribution in [3.05, 3.63) is 46.4 Å². The summed E-state index contributed by atoms with van der Waals surface area (Å²) in [5, 5.41) is 9.36. The number of hydrogen-bond donors (Lipinski definition) is 2. The van der Waals surface area contributed by atoms with Gasteiger partial charge in [-0.2, -0.15) is 0 Å². The third kappa shape index (κ3) is 6.25. The number of guanidine groups is 1. The molecule has 2 N–H and O–H groups in total. The maximum absolute atomic E-state index is 5.87. The van der Waals surface area contributed by atoms with Gasteiger partial charge in [0, 0.05) is 42.5 Å². The number of nitrogens with one attached hydrogen (secondary N) is 2. The quantitative estimate of drug-likeness (QED) is 0.345. The molecule has 0 aliphatic carbocycles. The zero-order chi connectivity index (χ0) is 15.6. The fraction of sp³-hybridized carbons (Fsp3) is 0.333. The number of thioether (sulfide) groups is 1. The summed E-state index contributed by atoms with van der Waals surface area (Å²) in [5.74, 6) is 1.86. The minimum absolute atomic E-state index is 0.727. The Bertz CT molecular complexity index is 570. The van der Waals surface area contributed by atoms with Crippen molar-refractivity contribution in [2.45, 2.75) is 17.3 Å². The number of rotatable bonds is 7. The summed E-state index contributed by atoms with van der Waals surface area (Å²) in [7, 11) is 1.78. The number of aromatic nitrogens is 1. The molecule has 0 fully saturated rings. The molecular weight excluding hydrogens is 336 g/mol. The monoisotopic (exact) mass is 354 g/mol. The highest BCUT2D eigenvalue weighted by atomic mass is 35.5. The predicted octanol–water partition coefficient (Wildman–Crippen LogP) is 3.64. The Morgan fingerprint density at radius 1 is 1.32 bits per heavy atom. The van der Waals surface area contributed by atoms with E-state index < -0.39 is 0 Å². The molecule has 0 saturated carbocycles. The van der Waals surface area contributed by atoms with Crippen LogP contribution in [0.1, 0.15) is 12.0 Å². The minimum atomic E-state index is 0.727. The minimum Gasteiger partial charge on any atom is -0.356 e. The van der Waals surface area contributed by atoms with Crippen LogP contribution in [0.3, 0.4) is 0 Å². The Kier molecular flexibility index (Phi) is 7.56. The molecule has 1 aromatic heterocycles. The average Bonchev–Trinajstić information content (AvgIpc) is 3.05. The molecule has 0 saturated heterocycles. The van der Waals surface area contributed by atoms with Gasteiger partial charge in [-0.15, -0.1) is 11.3 Å². The number of halogens is 1. The lowest BCUT2D eigenvalue weighted by molar-refractivity contribution is 0.785. The van der Waals surface area contributed by atoms with Gasteiger partial charge in [0.1, 0.15) is 4.34 Å². The van der Waals surface area contributed by atoms with Crippen LogP contribution in [-0.2, 0) is 6.54 Å². The molecule has 4 nitrogen and oxygen atoms in total. The van der Waals surface area contributed by atoms with E-state index in [1.807, 2.05) is 35.8 Å². The summed E-state index contributed by atoms with van der Waals surface area (Å²) in [6.45, 7) is 1.61. The van der Waals surface area contributed by atoms with Crippen molar-refractivity contribution in [3.8, 4) is 0 Å². The number of benzene rings is 1. The number of thiazole rings is 1. The van der Waals surface area contributed by atoms with Crippen molar-refractivity contribution in [2.75, 3.05) is 19.3 Å². The van der Waals surface area contributed by atoms with Crippen LogP contribution in [0.25, 0.3) is 0 Å².